The minimum absolute atomic E-state index is 1.21. The Kier molecular flexibility index (Phi) is 6.25. The van der Waals surface area contributed by atoms with E-state index in [-0.39, 0.29) is 0 Å². The van der Waals surface area contributed by atoms with E-state index in [1.165, 1.54) is 88.0 Å². The molecule has 0 aliphatic rings. The van der Waals surface area contributed by atoms with Crippen LogP contribution < -0.4 is 0 Å². The van der Waals surface area contributed by atoms with Crippen molar-refractivity contribution in [2.45, 2.75) is 0 Å². The van der Waals surface area contributed by atoms with E-state index in [2.05, 4.69) is 182 Å². The Labute approximate surface area is 269 Å². The summed E-state index contributed by atoms with van der Waals surface area (Å²) in [7, 11) is 0. The van der Waals surface area contributed by atoms with Crippen molar-refractivity contribution >= 4 is 32.3 Å². The Morgan fingerprint density at radius 1 is 0.174 bits per heavy atom. The summed E-state index contributed by atoms with van der Waals surface area (Å²) < 4.78 is 0. The van der Waals surface area contributed by atoms with Crippen LogP contribution in [0, 0.1) is 0 Å². The van der Waals surface area contributed by atoms with Crippen molar-refractivity contribution in [1.82, 2.24) is 0 Å². The summed E-state index contributed by atoms with van der Waals surface area (Å²) in [4.78, 5) is 0. The van der Waals surface area contributed by atoms with Gasteiger partial charge in [0.25, 0.3) is 0 Å². The summed E-state index contributed by atoms with van der Waals surface area (Å²) in [6.45, 7) is 0. The molecule has 0 heterocycles. The number of hydrogen-bond acceptors (Lipinski definition) is 0. The smallest absolute Gasteiger partial charge is 0.00264 e. The van der Waals surface area contributed by atoms with Gasteiger partial charge in [-0.2, -0.15) is 0 Å². The SMILES string of the molecule is c1ccc(-c2ccc(-c3cc(-c4ccccc4)cc(-c4ccc(-c5cc6ccc7cccc8ccc(c5)c6c78)cc4)c3)cc2)cc1. The Morgan fingerprint density at radius 2 is 0.478 bits per heavy atom. The van der Waals surface area contributed by atoms with Gasteiger partial charge in [0.15, 0.2) is 0 Å². The van der Waals surface area contributed by atoms with Crippen LogP contribution in [0.2, 0.25) is 0 Å². The highest BCUT2D eigenvalue weighted by Gasteiger charge is 2.12. The van der Waals surface area contributed by atoms with Gasteiger partial charge in [0.1, 0.15) is 0 Å². The molecule has 0 aliphatic heterocycles. The van der Waals surface area contributed by atoms with E-state index in [0.717, 1.165) is 0 Å². The molecule has 0 saturated heterocycles. The Hall–Kier alpha value is -5.98. The number of benzene rings is 9. The van der Waals surface area contributed by atoms with Crippen molar-refractivity contribution in [1.29, 1.82) is 0 Å². The molecule has 0 bridgehead atoms. The highest BCUT2D eigenvalue weighted by atomic mass is 14.2. The van der Waals surface area contributed by atoms with Crippen LogP contribution in [-0.2, 0) is 0 Å². The molecule has 9 rings (SSSR count). The average Bonchev–Trinajstić information content (AvgIpc) is 3.14. The zero-order valence-corrected chi connectivity index (χ0v) is 25.3. The lowest BCUT2D eigenvalue weighted by atomic mass is 9.90. The maximum atomic E-state index is 2.34. The molecule has 0 heteroatoms. The van der Waals surface area contributed by atoms with Crippen LogP contribution in [0.1, 0.15) is 0 Å². The second-order valence-electron chi connectivity index (χ2n) is 12.2. The first-order valence-electron chi connectivity index (χ1n) is 15.9. The zero-order chi connectivity index (χ0) is 30.5. The number of hydrogen-bond donors (Lipinski definition) is 0. The molecule has 214 valence electrons. The minimum atomic E-state index is 1.21. The molecule has 46 heavy (non-hydrogen) atoms. The molecular formula is C46H30. The van der Waals surface area contributed by atoms with E-state index in [0.29, 0.717) is 0 Å². The molecule has 0 radical (unpaired) electrons. The van der Waals surface area contributed by atoms with E-state index in [1.807, 2.05) is 0 Å². The molecule has 0 fully saturated rings. The molecule has 9 aromatic rings. The van der Waals surface area contributed by atoms with Crippen molar-refractivity contribution in [2.75, 3.05) is 0 Å². The van der Waals surface area contributed by atoms with Crippen molar-refractivity contribution in [2.24, 2.45) is 0 Å². The van der Waals surface area contributed by atoms with Crippen molar-refractivity contribution in [3.05, 3.63) is 182 Å². The molecule has 0 N–H and O–H groups in total. The first-order chi connectivity index (χ1) is 22.8. The lowest BCUT2D eigenvalue weighted by molar-refractivity contribution is 1.55. The monoisotopic (exact) mass is 582 g/mol. The molecule has 9 aromatic carbocycles. The fraction of sp³-hybridized carbons (Fsp3) is 0. The third kappa shape index (κ3) is 4.64. The Bertz CT molecular complexity index is 2410. The van der Waals surface area contributed by atoms with Crippen molar-refractivity contribution in [3.8, 4) is 55.6 Å². The molecule has 0 aliphatic carbocycles. The highest BCUT2D eigenvalue weighted by molar-refractivity contribution is 6.23. The van der Waals surface area contributed by atoms with E-state index < -0.39 is 0 Å². The van der Waals surface area contributed by atoms with Gasteiger partial charge in [-0.15, -0.1) is 0 Å². The normalized spacial score (nSPS) is 11.5. The maximum Gasteiger partial charge on any atom is -0.00264 e. The van der Waals surface area contributed by atoms with Gasteiger partial charge >= 0.3 is 0 Å². The standard InChI is InChI=1S/C46H30/c1-3-8-31(9-4-1)33-14-16-35(17-15-33)43-28-42(32-10-5-2-6-11-32)29-44(30-43)36-20-18-34(19-21-36)41-26-39-24-22-37-12-7-13-38-23-25-40(27-41)46(39)45(37)38/h1-30H. The molecule has 0 amide bonds. The summed E-state index contributed by atoms with van der Waals surface area (Å²) >= 11 is 0. The van der Waals surface area contributed by atoms with E-state index in [9.17, 15) is 0 Å². The maximum absolute atomic E-state index is 2.34. The lowest BCUT2D eigenvalue weighted by Gasteiger charge is -2.14. The molecular weight excluding hydrogens is 553 g/mol. The topological polar surface area (TPSA) is 0 Å². The molecule has 0 aromatic heterocycles. The molecule has 0 saturated carbocycles. The van der Waals surface area contributed by atoms with Crippen LogP contribution in [0.5, 0.6) is 0 Å². The van der Waals surface area contributed by atoms with E-state index in [1.54, 1.807) is 0 Å². The number of rotatable bonds is 5. The van der Waals surface area contributed by atoms with Crippen LogP contribution in [-0.4, -0.2) is 0 Å². The first-order valence-corrected chi connectivity index (χ1v) is 15.9. The van der Waals surface area contributed by atoms with Gasteiger partial charge in [-0.1, -0.05) is 152 Å². The van der Waals surface area contributed by atoms with Gasteiger partial charge in [0.2, 0.25) is 0 Å². The van der Waals surface area contributed by atoms with Gasteiger partial charge in [-0.25, -0.2) is 0 Å². The van der Waals surface area contributed by atoms with Crippen molar-refractivity contribution in [3.63, 3.8) is 0 Å². The van der Waals surface area contributed by atoms with Crippen molar-refractivity contribution < 1.29 is 0 Å². The van der Waals surface area contributed by atoms with Crippen LogP contribution in [0.4, 0.5) is 0 Å². The van der Waals surface area contributed by atoms with E-state index >= 15 is 0 Å². The average molecular weight is 583 g/mol. The van der Waals surface area contributed by atoms with Gasteiger partial charge in [-0.05, 0) is 118 Å². The van der Waals surface area contributed by atoms with E-state index in [4.69, 9.17) is 0 Å². The fourth-order valence-electron chi connectivity index (χ4n) is 7.02. The molecule has 0 nitrogen and oxygen atoms in total. The van der Waals surface area contributed by atoms with Crippen LogP contribution >= 0.6 is 0 Å². The molecule has 0 unspecified atom stereocenters. The first kappa shape index (κ1) is 26.4. The van der Waals surface area contributed by atoms with Crippen LogP contribution in [0.25, 0.3) is 88.0 Å². The Morgan fingerprint density at radius 3 is 0.913 bits per heavy atom. The second kappa shape index (κ2) is 10.9. The predicted molar refractivity (Wildman–Crippen MR) is 197 cm³/mol. The largest absolute Gasteiger partial charge is 0.0622 e. The quantitative estimate of drug-likeness (QED) is 0.177. The summed E-state index contributed by atoms with van der Waals surface area (Å²) in [5, 5.41) is 7.91. The Balaban J connectivity index is 1.11. The third-order valence-corrected chi connectivity index (χ3v) is 9.38. The van der Waals surface area contributed by atoms with Crippen LogP contribution in [0.15, 0.2) is 182 Å². The predicted octanol–water partition coefficient (Wildman–Crippen LogP) is 12.9. The molecule has 0 spiro atoms. The zero-order valence-electron chi connectivity index (χ0n) is 25.3. The van der Waals surface area contributed by atoms with Crippen LogP contribution in [0.3, 0.4) is 0 Å². The summed E-state index contributed by atoms with van der Waals surface area (Å²) in [5.74, 6) is 0. The summed E-state index contributed by atoms with van der Waals surface area (Å²) in [5.41, 5.74) is 12.2. The minimum Gasteiger partial charge on any atom is -0.0622 e. The highest BCUT2D eigenvalue weighted by Crippen LogP contribution is 2.39. The lowest BCUT2D eigenvalue weighted by Crippen LogP contribution is -1.88. The molecule has 0 atom stereocenters. The van der Waals surface area contributed by atoms with Gasteiger partial charge in [0.05, 0.1) is 0 Å². The summed E-state index contributed by atoms with van der Waals surface area (Å²) in [6.07, 6.45) is 0. The fourth-order valence-corrected chi connectivity index (χ4v) is 7.02. The van der Waals surface area contributed by atoms with Gasteiger partial charge < -0.3 is 0 Å². The van der Waals surface area contributed by atoms with Gasteiger partial charge in [0, 0.05) is 0 Å². The second-order valence-corrected chi connectivity index (χ2v) is 12.2. The summed E-state index contributed by atoms with van der Waals surface area (Å²) in [6, 6.07) is 66.5. The third-order valence-electron chi connectivity index (χ3n) is 9.38. The van der Waals surface area contributed by atoms with Gasteiger partial charge in [-0.3, -0.25) is 0 Å².